The summed E-state index contributed by atoms with van der Waals surface area (Å²) in [6.45, 7) is 10.1. The molecule has 1 aliphatic carbocycles. The first kappa shape index (κ1) is 23.4. The van der Waals surface area contributed by atoms with E-state index >= 15 is 0 Å². The summed E-state index contributed by atoms with van der Waals surface area (Å²) in [5, 5.41) is 3.45. The molecule has 1 aliphatic rings. The van der Waals surface area contributed by atoms with Crippen molar-refractivity contribution in [3.63, 3.8) is 0 Å². The number of benzene rings is 4. The van der Waals surface area contributed by atoms with Crippen LogP contribution in [0.3, 0.4) is 0 Å². The third kappa shape index (κ3) is 3.93. The number of carbonyl (C=O) groups is 2. The summed E-state index contributed by atoms with van der Waals surface area (Å²) >= 11 is 0. The molecule has 36 heavy (non-hydrogen) atoms. The van der Waals surface area contributed by atoms with Crippen molar-refractivity contribution in [2.24, 2.45) is 0 Å². The molecule has 0 aromatic heterocycles. The predicted octanol–water partition coefficient (Wildman–Crippen LogP) is 7.12. The van der Waals surface area contributed by atoms with Gasteiger partial charge >= 0.3 is 0 Å². The molecule has 5 rings (SSSR count). The lowest BCUT2D eigenvalue weighted by molar-refractivity contribution is 0.0980. The van der Waals surface area contributed by atoms with Crippen LogP contribution in [-0.2, 0) is 0 Å². The van der Waals surface area contributed by atoms with E-state index in [4.69, 9.17) is 10.5 Å². The lowest BCUT2D eigenvalue weighted by atomic mass is 9.82. The minimum absolute atomic E-state index is 0.153. The first-order chi connectivity index (χ1) is 17.1. The smallest absolute Gasteiger partial charge is 0.196 e. The quantitative estimate of drug-likeness (QED) is 0.270. The van der Waals surface area contributed by atoms with Crippen molar-refractivity contribution in [1.82, 2.24) is 0 Å². The van der Waals surface area contributed by atoms with Crippen LogP contribution in [0.2, 0.25) is 0 Å². The van der Waals surface area contributed by atoms with Gasteiger partial charge in [-0.3, -0.25) is 9.59 Å². The zero-order chi connectivity index (χ0) is 25.7. The van der Waals surface area contributed by atoms with Crippen LogP contribution in [0.1, 0.15) is 59.7 Å². The van der Waals surface area contributed by atoms with Crippen molar-refractivity contribution in [3.05, 3.63) is 111 Å². The first-order valence-electron chi connectivity index (χ1n) is 11.9. The van der Waals surface area contributed by atoms with Crippen LogP contribution < -0.4 is 15.8 Å². The first-order valence-corrected chi connectivity index (χ1v) is 11.9. The molecule has 0 fully saturated rings. The van der Waals surface area contributed by atoms with E-state index in [2.05, 4.69) is 23.5 Å². The number of ether oxygens (including phenoxy) is 1. The second-order valence-electron chi connectivity index (χ2n) is 9.61. The topological polar surface area (TPSA) is 81.4 Å². The van der Waals surface area contributed by atoms with Crippen molar-refractivity contribution in [2.75, 3.05) is 11.1 Å². The van der Waals surface area contributed by atoms with Gasteiger partial charge in [0.2, 0.25) is 0 Å². The zero-order valence-electron chi connectivity index (χ0n) is 21.1. The largest absolute Gasteiger partial charge is 0.455 e. The Labute approximate surface area is 210 Å². The van der Waals surface area contributed by atoms with Crippen LogP contribution in [0.4, 0.5) is 17.1 Å². The maximum absolute atomic E-state index is 13.7. The molecule has 0 heterocycles. The van der Waals surface area contributed by atoms with Crippen molar-refractivity contribution in [2.45, 2.75) is 34.6 Å². The van der Waals surface area contributed by atoms with E-state index < -0.39 is 0 Å². The molecule has 0 saturated carbocycles. The van der Waals surface area contributed by atoms with E-state index in [0.717, 1.165) is 33.5 Å². The molecule has 4 aromatic rings. The van der Waals surface area contributed by atoms with Crippen LogP contribution >= 0.6 is 0 Å². The number of ketones is 2. The van der Waals surface area contributed by atoms with Gasteiger partial charge in [-0.1, -0.05) is 48.0 Å². The second-order valence-corrected chi connectivity index (χ2v) is 9.61. The number of hydrogen-bond donors (Lipinski definition) is 2. The third-order valence-electron chi connectivity index (χ3n) is 6.56. The Morgan fingerprint density at radius 1 is 0.694 bits per heavy atom. The number of nitrogens with two attached hydrogens (primary N) is 1. The van der Waals surface area contributed by atoms with Gasteiger partial charge in [-0.05, 0) is 69.0 Å². The molecule has 0 unspecified atom stereocenters. The van der Waals surface area contributed by atoms with Gasteiger partial charge in [-0.25, -0.2) is 0 Å². The number of hydrogen-bond acceptors (Lipinski definition) is 5. The number of carbonyl (C=O) groups excluding carboxylic acids is 2. The van der Waals surface area contributed by atoms with E-state index in [1.54, 1.807) is 30.3 Å². The van der Waals surface area contributed by atoms with E-state index in [9.17, 15) is 9.59 Å². The van der Waals surface area contributed by atoms with E-state index in [1.807, 2.05) is 46.8 Å². The van der Waals surface area contributed by atoms with Gasteiger partial charge in [0.1, 0.15) is 5.75 Å². The molecule has 5 heteroatoms. The molecule has 0 radical (unpaired) electrons. The number of rotatable bonds is 4. The molecular weight excluding hydrogens is 448 g/mol. The minimum atomic E-state index is -0.288. The van der Waals surface area contributed by atoms with Crippen LogP contribution in [0.15, 0.2) is 60.7 Å². The van der Waals surface area contributed by atoms with Crippen LogP contribution in [0.5, 0.6) is 11.5 Å². The van der Waals surface area contributed by atoms with Crippen molar-refractivity contribution >= 4 is 28.6 Å². The highest BCUT2D eigenvalue weighted by Crippen LogP contribution is 2.43. The molecular formula is C31H28N2O3. The van der Waals surface area contributed by atoms with Gasteiger partial charge in [-0.15, -0.1) is 0 Å². The average molecular weight is 477 g/mol. The SMILES string of the molecule is Cc1cc(C)cc(Oc2cc(Nc3c(C)cc(C)cc3C)c3c(c2N)C(=O)c2ccccc2C3=O)c1. The van der Waals surface area contributed by atoms with Gasteiger partial charge in [0.05, 0.1) is 22.5 Å². The lowest BCUT2D eigenvalue weighted by Crippen LogP contribution is -2.24. The standard InChI is InChI=1S/C31H28N2O3/c1-16-10-17(2)14-21(13-16)36-25-15-24(33-29-19(4)11-18(3)12-20(29)5)26-27(28(25)32)31(35)23-9-7-6-8-22(23)30(26)34/h6-15,33H,32H2,1-5H3. The monoisotopic (exact) mass is 476 g/mol. The Hall–Kier alpha value is -4.38. The number of aryl methyl sites for hydroxylation is 5. The third-order valence-corrected chi connectivity index (χ3v) is 6.56. The van der Waals surface area contributed by atoms with Gasteiger partial charge < -0.3 is 15.8 Å². The Kier molecular flexibility index (Phi) is 5.64. The molecule has 0 atom stereocenters. The Morgan fingerprint density at radius 2 is 1.22 bits per heavy atom. The Bertz CT molecular complexity index is 1540. The van der Waals surface area contributed by atoms with Crippen LogP contribution in [0, 0.1) is 34.6 Å². The highest BCUT2D eigenvalue weighted by atomic mass is 16.5. The molecule has 0 saturated heterocycles. The molecule has 180 valence electrons. The fourth-order valence-corrected chi connectivity index (χ4v) is 5.11. The summed E-state index contributed by atoms with van der Waals surface area (Å²) in [5.41, 5.74) is 14.5. The number of fused-ring (bicyclic) bond motifs is 2. The Balaban J connectivity index is 1.74. The maximum Gasteiger partial charge on any atom is 0.196 e. The molecule has 0 aliphatic heterocycles. The second kappa shape index (κ2) is 8.68. The Morgan fingerprint density at radius 3 is 1.81 bits per heavy atom. The predicted molar refractivity (Wildman–Crippen MR) is 144 cm³/mol. The summed E-state index contributed by atoms with van der Waals surface area (Å²) in [7, 11) is 0. The van der Waals surface area contributed by atoms with Crippen LogP contribution in [-0.4, -0.2) is 11.6 Å². The molecule has 0 bridgehead atoms. The normalized spacial score (nSPS) is 12.2. The average Bonchev–Trinajstić information content (AvgIpc) is 2.81. The van der Waals surface area contributed by atoms with E-state index in [-0.39, 0.29) is 28.4 Å². The number of nitrogen functional groups attached to an aromatic ring is 1. The molecule has 0 spiro atoms. The summed E-state index contributed by atoms with van der Waals surface area (Å²) in [4.78, 5) is 27.4. The molecule has 4 aromatic carbocycles. The van der Waals surface area contributed by atoms with Crippen molar-refractivity contribution < 1.29 is 14.3 Å². The van der Waals surface area contributed by atoms with Crippen LogP contribution in [0.25, 0.3) is 0 Å². The van der Waals surface area contributed by atoms with Gasteiger partial charge in [0.15, 0.2) is 17.3 Å². The molecule has 0 amide bonds. The summed E-state index contributed by atoms with van der Waals surface area (Å²) in [6.07, 6.45) is 0. The molecule has 5 nitrogen and oxygen atoms in total. The van der Waals surface area contributed by atoms with Gasteiger partial charge in [0, 0.05) is 22.9 Å². The van der Waals surface area contributed by atoms with Gasteiger partial charge in [-0.2, -0.15) is 0 Å². The summed E-state index contributed by atoms with van der Waals surface area (Å²) < 4.78 is 6.24. The van der Waals surface area contributed by atoms with Crippen molar-refractivity contribution in [1.29, 1.82) is 0 Å². The maximum atomic E-state index is 13.7. The highest BCUT2D eigenvalue weighted by molar-refractivity contribution is 6.32. The fourth-order valence-electron chi connectivity index (χ4n) is 5.11. The fraction of sp³-hybridized carbons (Fsp3) is 0.161. The summed E-state index contributed by atoms with van der Waals surface area (Å²) in [5.74, 6) is 0.408. The van der Waals surface area contributed by atoms with Crippen molar-refractivity contribution in [3.8, 4) is 11.5 Å². The zero-order valence-corrected chi connectivity index (χ0v) is 21.1. The number of anilines is 3. The highest BCUT2D eigenvalue weighted by Gasteiger charge is 2.35. The minimum Gasteiger partial charge on any atom is -0.455 e. The number of nitrogens with one attached hydrogen (secondary N) is 1. The van der Waals surface area contributed by atoms with Gasteiger partial charge in [0.25, 0.3) is 0 Å². The summed E-state index contributed by atoms with van der Waals surface area (Å²) in [6, 6.07) is 18.6. The molecule has 3 N–H and O–H groups in total. The van der Waals surface area contributed by atoms with E-state index in [1.165, 1.54) is 0 Å². The lowest BCUT2D eigenvalue weighted by Gasteiger charge is -2.25. The van der Waals surface area contributed by atoms with E-state index in [0.29, 0.717) is 28.3 Å².